The van der Waals surface area contributed by atoms with Gasteiger partial charge in [0.2, 0.25) is 0 Å². The molecule has 0 spiro atoms. The summed E-state index contributed by atoms with van der Waals surface area (Å²) in [6, 6.07) is 9.81. The first-order valence-electron chi connectivity index (χ1n) is 6.19. The van der Waals surface area contributed by atoms with Crippen molar-refractivity contribution in [2.24, 2.45) is 5.84 Å². The van der Waals surface area contributed by atoms with Crippen LogP contribution in [0.25, 0.3) is 10.9 Å². The summed E-state index contributed by atoms with van der Waals surface area (Å²) in [4.78, 5) is 20.9. The number of hydrazine groups is 1. The van der Waals surface area contributed by atoms with E-state index in [2.05, 4.69) is 15.4 Å². The number of rotatable bonds is 4. The molecule has 1 aromatic carbocycles. The van der Waals surface area contributed by atoms with Crippen molar-refractivity contribution in [3.8, 4) is 0 Å². The van der Waals surface area contributed by atoms with E-state index in [-0.39, 0.29) is 5.91 Å². The van der Waals surface area contributed by atoms with E-state index in [0.29, 0.717) is 10.6 Å². The van der Waals surface area contributed by atoms with E-state index in [9.17, 15) is 4.79 Å². The fraction of sp³-hybridized carbons (Fsp3) is 0.0714. The van der Waals surface area contributed by atoms with Crippen LogP contribution in [-0.4, -0.2) is 15.9 Å². The molecule has 0 aliphatic heterocycles. The Hall–Kier alpha value is -1.96. The molecule has 1 amide bonds. The number of aromatic nitrogens is 2. The quantitative estimate of drug-likeness (QED) is 0.254. The lowest BCUT2D eigenvalue weighted by atomic mass is 10.2. The van der Waals surface area contributed by atoms with E-state index in [1.54, 1.807) is 18.1 Å². The largest absolute Gasteiger partial charge is 0.289 e. The van der Waals surface area contributed by atoms with Crippen LogP contribution in [0.15, 0.2) is 47.1 Å². The number of nitrogen functional groups attached to an aromatic ring is 1. The number of nitrogens with zero attached hydrogens (tertiary/aromatic N) is 2. The molecule has 0 aliphatic rings. The van der Waals surface area contributed by atoms with Gasteiger partial charge in [-0.15, -0.1) is 23.1 Å². The highest BCUT2D eigenvalue weighted by molar-refractivity contribution is 7.98. The third-order valence-corrected chi connectivity index (χ3v) is 4.96. The van der Waals surface area contributed by atoms with Crippen molar-refractivity contribution in [2.45, 2.75) is 10.8 Å². The second kappa shape index (κ2) is 6.21. The zero-order valence-corrected chi connectivity index (χ0v) is 12.6. The summed E-state index contributed by atoms with van der Waals surface area (Å²) in [5.74, 6) is 5.60. The van der Waals surface area contributed by atoms with Gasteiger partial charge >= 0.3 is 0 Å². The minimum atomic E-state index is -0.256. The van der Waals surface area contributed by atoms with Gasteiger partial charge in [-0.25, -0.2) is 15.8 Å². The van der Waals surface area contributed by atoms with Gasteiger partial charge in [-0.3, -0.25) is 10.2 Å². The highest BCUT2D eigenvalue weighted by Gasteiger charge is 2.13. The summed E-state index contributed by atoms with van der Waals surface area (Å²) < 4.78 is 0. The molecule has 2 aromatic heterocycles. The van der Waals surface area contributed by atoms with Crippen LogP contribution >= 0.6 is 23.1 Å². The summed E-state index contributed by atoms with van der Waals surface area (Å²) >= 11 is 2.97. The van der Waals surface area contributed by atoms with Crippen molar-refractivity contribution < 1.29 is 4.79 Å². The molecular weight excluding hydrogens is 304 g/mol. The molecule has 0 saturated heterocycles. The number of hydrogen-bond acceptors (Lipinski definition) is 6. The van der Waals surface area contributed by atoms with Gasteiger partial charge in [0.1, 0.15) is 11.4 Å². The second-order valence-electron chi connectivity index (χ2n) is 4.23. The average molecular weight is 316 g/mol. The molecule has 5 nitrogen and oxygen atoms in total. The normalized spacial score (nSPS) is 10.7. The van der Waals surface area contributed by atoms with E-state index in [1.807, 2.05) is 35.7 Å². The van der Waals surface area contributed by atoms with Crippen molar-refractivity contribution in [2.75, 3.05) is 0 Å². The number of nitrogens with one attached hydrogen (secondary N) is 1. The van der Waals surface area contributed by atoms with E-state index in [0.717, 1.165) is 21.5 Å². The lowest BCUT2D eigenvalue weighted by molar-refractivity contribution is 0.0957. The summed E-state index contributed by atoms with van der Waals surface area (Å²) in [6.45, 7) is 0. The van der Waals surface area contributed by atoms with Crippen LogP contribution in [-0.2, 0) is 5.75 Å². The van der Waals surface area contributed by atoms with Gasteiger partial charge in [0.15, 0.2) is 0 Å². The van der Waals surface area contributed by atoms with Crippen LogP contribution in [0.5, 0.6) is 0 Å². The highest BCUT2D eigenvalue weighted by Crippen LogP contribution is 2.29. The zero-order chi connectivity index (χ0) is 14.7. The first kappa shape index (κ1) is 14.0. The molecule has 0 radical (unpaired) electrons. The van der Waals surface area contributed by atoms with Crippen molar-refractivity contribution in [3.63, 3.8) is 0 Å². The topological polar surface area (TPSA) is 80.9 Å². The third-order valence-electron chi connectivity index (χ3n) is 2.95. The number of amides is 1. The Morgan fingerprint density at radius 3 is 3.00 bits per heavy atom. The fourth-order valence-corrected chi connectivity index (χ4v) is 3.86. The number of hydrogen-bond donors (Lipinski definition) is 2. The lowest BCUT2D eigenvalue weighted by Gasteiger charge is -2.05. The first-order chi connectivity index (χ1) is 10.3. The Kier molecular flexibility index (Phi) is 4.14. The van der Waals surface area contributed by atoms with Crippen molar-refractivity contribution in [1.82, 2.24) is 15.4 Å². The van der Waals surface area contributed by atoms with Gasteiger partial charge in [0.05, 0.1) is 10.4 Å². The molecule has 0 bridgehead atoms. The van der Waals surface area contributed by atoms with E-state index < -0.39 is 0 Å². The average Bonchev–Trinajstić information content (AvgIpc) is 3.00. The molecule has 7 heteroatoms. The monoisotopic (exact) mass is 316 g/mol. The van der Waals surface area contributed by atoms with E-state index >= 15 is 0 Å². The van der Waals surface area contributed by atoms with Crippen LogP contribution < -0.4 is 11.3 Å². The lowest BCUT2D eigenvalue weighted by Crippen LogP contribution is -2.29. The molecule has 0 aliphatic carbocycles. The zero-order valence-electron chi connectivity index (χ0n) is 10.9. The molecular formula is C14H12N4OS2. The minimum Gasteiger partial charge on any atom is -0.289 e. The molecule has 0 fully saturated rings. The van der Waals surface area contributed by atoms with Crippen LogP contribution in [0.4, 0.5) is 0 Å². The van der Waals surface area contributed by atoms with Gasteiger partial charge in [0.25, 0.3) is 5.91 Å². The number of benzene rings is 1. The maximum Gasteiger partial charge on any atom is 0.275 e. The van der Waals surface area contributed by atoms with Crippen molar-refractivity contribution in [3.05, 3.63) is 52.5 Å². The summed E-state index contributed by atoms with van der Waals surface area (Å²) in [5, 5.41) is 3.81. The Labute approximate surface area is 129 Å². The Balaban J connectivity index is 1.84. The molecule has 0 unspecified atom stereocenters. The summed E-state index contributed by atoms with van der Waals surface area (Å²) in [7, 11) is 0. The van der Waals surface area contributed by atoms with E-state index in [1.165, 1.54) is 11.3 Å². The third kappa shape index (κ3) is 2.90. The molecule has 3 rings (SSSR count). The molecule has 0 atom stereocenters. The number of carbonyl (C=O) groups is 1. The fourth-order valence-electron chi connectivity index (χ4n) is 1.96. The Bertz CT molecular complexity index is 782. The first-order valence-corrected chi connectivity index (χ1v) is 8.06. The van der Waals surface area contributed by atoms with Crippen molar-refractivity contribution in [1.29, 1.82) is 0 Å². The number of fused-ring (bicyclic) bond motifs is 1. The highest BCUT2D eigenvalue weighted by atomic mass is 32.2. The maximum atomic E-state index is 11.7. The Morgan fingerprint density at radius 1 is 1.29 bits per heavy atom. The summed E-state index contributed by atoms with van der Waals surface area (Å²) in [6.07, 6.45) is 1.56. The van der Waals surface area contributed by atoms with Crippen LogP contribution in [0.3, 0.4) is 0 Å². The molecule has 0 saturated carbocycles. The molecule has 21 heavy (non-hydrogen) atoms. The van der Waals surface area contributed by atoms with Gasteiger partial charge in [-0.1, -0.05) is 18.2 Å². The van der Waals surface area contributed by atoms with Gasteiger partial charge in [-0.05, 0) is 23.1 Å². The predicted molar refractivity (Wildman–Crippen MR) is 85.1 cm³/mol. The molecule has 3 aromatic rings. The van der Waals surface area contributed by atoms with Crippen LogP contribution in [0.2, 0.25) is 0 Å². The standard InChI is InChI=1S/C14H12N4OS2/c15-18-13(19)12-9(5-6-20-12)7-21-14-10-3-1-2-4-11(10)16-8-17-14/h1-6,8H,7,15H2,(H,18,19). The molecule has 2 heterocycles. The van der Waals surface area contributed by atoms with E-state index in [4.69, 9.17) is 5.84 Å². The number of thiophene rings is 1. The second-order valence-corrected chi connectivity index (χ2v) is 6.11. The van der Waals surface area contributed by atoms with Crippen LogP contribution in [0.1, 0.15) is 15.2 Å². The number of nitrogens with two attached hydrogens (primary N) is 1. The maximum absolute atomic E-state index is 11.7. The number of carbonyl (C=O) groups excluding carboxylic acids is 1. The van der Waals surface area contributed by atoms with Crippen molar-refractivity contribution >= 4 is 39.9 Å². The molecule has 106 valence electrons. The van der Waals surface area contributed by atoms with Crippen LogP contribution in [0, 0.1) is 0 Å². The smallest absolute Gasteiger partial charge is 0.275 e. The van der Waals surface area contributed by atoms with Gasteiger partial charge in [-0.2, -0.15) is 0 Å². The Morgan fingerprint density at radius 2 is 2.14 bits per heavy atom. The predicted octanol–water partition coefficient (Wildman–Crippen LogP) is 2.59. The number of para-hydroxylation sites is 1. The SMILES string of the molecule is NNC(=O)c1sccc1CSc1ncnc2ccccc12. The molecule has 3 N–H and O–H groups in total. The van der Waals surface area contributed by atoms with Gasteiger partial charge < -0.3 is 0 Å². The number of thioether (sulfide) groups is 1. The summed E-state index contributed by atoms with van der Waals surface area (Å²) in [5.41, 5.74) is 4.04. The minimum absolute atomic E-state index is 0.256. The van der Waals surface area contributed by atoms with Gasteiger partial charge in [0, 0.05) is 11.1 Å².